The van der Waals surface area contributed by atoms with E-state index in [9.17, 15) is 4.79 Å². The fourth-order valence-corrected chi connectivity index (χ4v) is 1.50. The quantitative estimate of drug-likeness (QED) is 0.788. The number of nitrogens with one attached hydrogen (secondary N) is 1. The van der Waals surface area contributed by atoms with Gasteiger partial charge >= 0.3 is 0 Å². The highest BCUT2D eigenvalue weighted by molar-refractivity contribution is 6.33. The number of anilines is 2. The maximum absolute atomic E-state index is 11.9. The van der Waals surface area contributed by atoms with Crippen molar-refractivity contribution in [1.29, 1.82) is 0 Å². The number of rotatable bonds is 2. The van der Waals surface area contributed by atoms with Gasteiger partial charge < -0.3 is 11.1 Å². The second-order valence-corrected chi connectivity index (χ2v) is 3.82. The summed E-state index contributed by atoms with van der Waals surface area (Å²) in [5.74, 6) is -0.372. The zero-order chi connectivity index (χ0) is 12.4. The average molecular weight is 252 g/mol. The Morgan fingerprint density at radius 3 is 2.94 bits per heavy atom. The third-order valence-corrected chi connectivity index (χ3v) is 2.37. The first-order chi connectivity index (χ1) is 8.06. The molecule has 0 saturated carbocycles. The minimum absolute atomic E-state index is 0.112. The standard InChI is InChI=1S/C10H10ClN5O/c1-16-5-7(4-14-16)15-10(17)8-2-6(12)3-13-9(8)11/h2-5H,12H2,1H3,(H,15,17). The number of carbonyl (C=O) groups excluding carboxylic acids is 1. The first-order valence-corrected chi connectivity index (χ1v) is 5.15. The number of nitrogen functional groups attached to an aromatic ring is 1. The lowest BCUT2D eigenvalue weighted by Gasteiger charge is -2.04. The van der Waals surface area contributed by atoms with E-state index in [4.69, 9.17) is 17.3 Å². The van der Waals surface area contributed by atoms with Crippen molar-refractivity contribution in [2.24, 2.45) is 7.05 Å². The zero-order valence-electron chi connectivity index (χ0n) is 9.01. The van der Waals surface area contributed by atoms with Crippen molar-refractivity contribution in [1.82, 2.24) is 14.8 Å². The summed E-state index contributed by atoms with van der Waals surface area (Å²) in [7, 11) is 1.75. The maximum Gasteiger partial charge on any atom is 0.258 e. The van der Waals surface area contributed by atoms with E-state index >= 15 is 0 Å². The van der Waals surface area contributed by atoms with Crippen molar-refractivity contribution in [2.75, 3.05) is 11.1 Å². The van der Waals surface area contributed by atoms with Crippen LogP contribution in [0.15, 0.2) is 24.7 Å². The fourth-order valence-electron chi connectivity index (χ4n) is 1.31. The maximum atomic E-state index is 11.9. The number of amides is 1. The van der Waals surface area contributed by atoms with Crippen LogP contribution >= 0.6 is 11.6 Å². The molecule has 0 saturated heterocycles. The number of halogens is 1. The second-order valence-electron chi connectivity index (χ2n) is 3.46. The van der Waals surface area contributed by atoms with E-state index in [1.807, 2.05) is 0 Å². The summed E-state index contributed by atoms with van der Waals surface area (Å²) in [5.41, 5.74) is 6.74. The Morgan fingerprint density at radius 1 is 1.53 bits per heavy atom. The zero-order valence-corrected chi connectivity index (χ0v) is 9.77. The molecule has 0 atom stereocenters. The van der Waals surface area contributed by atoms with Gasteiger partial charge in [0.2, 0.25) is 0 Å². The molecule has 17 heavy (non-hydrogen) atoms. The molecule has 6 nitrogen and oxygen atoms in total. The van der Waals surface area contributed by atoms with E-state index in [-0.39, 0.29) is 16.6 Å². The van der Waals surface area contributed by atoms with Gasteiger partial charge in [0.1, 0.15) is 5.15 Å². The SMILES string of the molecule is Cn1cc(NC(=O)c2cc(N)cnc2Cl)cn1. The lowest BCUT2D eigenvalue weighted by atomic mass is 10.2. The fraction of sp³-hybridized carbons (Fsp3) is 0.100. The molecule has 0 bridgehead atoms. The summed E-state index contributed by atoms with van der Waals surface area (Å²) in [6.45, 7) is 0. The van der Waals surface area contributed by atoms with Gasteiger partial charge in [-0.15, -0.1) is 0 Å². The normalized spacial score (nSPS) is 10.2. The Labute approximate surface area is 102 Å². The molecule has 0 fully saturated rings. The van der Waals surface area contributed by atoms with Gasteiger partial charge in [0.05, 0.1) is 29.3 Å². The monoisotopic (exact) mass is 251 g/mol. The molecule has 2 rings (SSSR count). The highest BCUT2D eigenvalue weighted by atomic mass is 35.5. The number of hydrogen-bond donors (Lipinski definition) is 2. The van der Waals surface area contributed by atoms with E-state index in [2.05, 4.69) is 15.4 Å². The number of nitrogens with zero attached hydrogens (tertiary/aromatic N) is 3. The van der Waals surface area contributed by atoms with E-state index < -0.39 is 0 Å². The molecule has 0 unspecified atom stereocenters. The van der Waals surface area contributed by atoms with Crippen molar-refractivity contribution in [2.45, 2.75) is 0 Å². The van der Waals surface area contributed by atoms with Gasteiger partial charge in [-0.05, 0) is 6.07 Å². The third kappa shape index (κ3) is 2.54. The van der Waals surface area contributed by atoms with Gasteiger partial charge in [-0.25, -0.2) is 4.98 Å². The van der Waals surface area contributed by atoms with Gasteiger partial charge in [0.15, 0.2) is 0 Å². The van der Waals surface area contributed by atoms with Crippen LogP contribution in [0.3, 0.4) is 0 Å². The molecule has 2 heterocycles. The summed E-state index contributed by atoms with van der Waals surface area (Å²) in [5, 5.41) is 6.69. The molecule has 2 aromatic rings. The first kappa shape index (κ1) is 11.4. The molecule has 0 aliphatic rings. The minimum atomic E-state index is -0.372. The molecule has 0 aliphatic carbocycles. The predicted molar refractivity (Wildman–Crippen MR) is 64.8 cm³/mol. The van der Waals surface area contributed by atoms with Gasteiger partial charge in [-0.2, -0.15) is 5.10 Å². The average Bonchev–Trinajstić information content (AvgIpc) is 2.67. The lowest BCUT2D eigenvalue weighted by Crippen LogP contribution is -2.13. The molecular formula is C10H10ClN5O. The molecule has 7 heteroatoms. The van der Waals surface area contributed by atoms with Crippen LogP contribution in [-0.4, -0.2) is 20.7 Å². The minimum Gasteiger partial charge on any atom is -0.397 e. The van der Waals surface area contributed by atoms with Gasteiger partial charge in [-0.1, -0.05) is 11.6 Å². The predicted octanol–water partition coefficient (Wildman–Crippen LogP) is 1.30. The Kier molecular flexibility index (Phi) is 2.97. The molecule has 0 radical (unpaired) electrons. The van der Waals surface area contributed by atoms with Crippen LogP contribution in [0.4, 0.5) is 11.4 Å². The van der Waals surface area contributed by atoms with Crippen LogP contribution in [-0.2, 0) is 7.05 Å². The molecule has 0 spiro atoms. The van der Waals surface area contributed by atoms with Gasteiger partial charge in [0.25, 0.3) is 5.91 Å². The van der Waals surface area contributed by atoms with E-state index in [1.54, 1.807) is 17.9 Å². The van der Waals surface area contributed by atoms with E-state index in [1.165, 1.54) is 18.5 Å². The molecule has 3 N–H and O–H groups in total. The smallest absolute Gasteiger partial charge is 0.258 e. The largest absolute Gasteiger partial charge is 0.397 e. The molecule has 0 aliphatic heterocycles. The Hall–Kier alpha value is -2.08. The second kappa shape index (κ2) is 4.42. The summed E-state index contributed by atoms with van der Waals surface area (Å²) in [4.78, 5) is 15.7. The van der Waals surface area contributed by atoms with Crippen LogP contribution in [0.5, 0.6) is 0 Å². The van der Waals surface area contributed by atoms with Crippen LogP contribution in [0, 0.1) is 0 Å². The number of hydrogen-bond acceptors (Lipinski definition) is 4. The van der Waals surface area contributed by atoms with Crippen molar-refractivity contribution in [3.8, 4) is 0 Å². The van der Waals surface area contributed by atoms with Gasteiger partial charge in [0, 0.05) is 13.2 Å². The molecular weight excluding hydrogens is 242 g/mol. The van der Waals surface area contributed by atoms with Crippen LogP contribution < -0.4 is 11.1 Å². The van der Waals surface area contributed by atoms with Crippen LogP contribution in [0.2, 0.25) is 5.15 Å². The Morgan fingerprint density at radius 2 is 2.29 bits per heavy atom. The van der Waals surface area contributed by atoms with E-state index in [0.29, 0.717) is 11.4 Å². The highest BCUT2D eigenvalue weighted by Gasteiger charge is 2.12. The third-order valence-electron chi connectivity index (χ3n) is 2.07. The van der Waals surface area contributed by atoms with Crippen LogP contribution in [0.1, 0.15) is 10.4 Å². The lowest BCUT2D eigenvalue weighted by molar-refractivity contribution is 0.102. The van der Waals surface area contributed by atoms with Crippen LogP contribution in [0.25, 0.3) is 0 Å². The number of aromatic nitrogens is 3. The summed E-state index contributed by atoms with van der Waals surface area (Å²) < 4.78 is 1.58. The topological polar surface area (TPSA) is 85.8 Å². The molecule has 2 aromatic heterocycles. The number of aryl methyl sites for hydroxylation is 1. The van der Waals surface area contributed by atoms with Gasteiger partial charge in [-0.3, -0.25) is 9.48 Å². The summed E-state index contributed by atoms with van der Waals surface area (Å²) in [6.07, 6.45) is 4.60. The number of pyridine rings is 1. The van der Waals surface area contributed by atoms with Crippen molar-refractivity contribution in [3.05, 3.63) is 35.4 Å². The first-order valence-electron chi connectivity index (χ1n) is 4.77. The molecule has 1 amide bonds. The van der Waals surface area contributed by atoms with E-state index in [0.717, 1.165) is 0 Å². The number of carbonyl (C=O) groups is 1. The Balaban J connectivity index is 2.22. The number of nitrogens with two attached hydrogens (primary N) is 1. The van der Waals surface area contributed by atoms with Crippen molar-refractivity contribution in [3.63, 3.8) is 0 Å². The Bertz CT molecular complexity index is 566. The van der Waals surface area contributed by atoms with Crippen molar-refractivity contribution < 1.29 is 4.79 Å². The molecule has 0 aromatic carbocycles. The summed E-state index contributed by atoms with van der Waals surface area (Å²) in [6, 6.07) is 1.47. The summed E-state index contributed by atoms with van der Waals surface area (Å²) >= 11 is 5.81. The highest BCUT2D eigenvalue weighted by Crippen LogP contribution is 2.17. The van der Waals surface area contributed by atoms with Crippen molar-refractivity contribution >= 4 is 28.9 Å². The molecule has 88 valence electrons.